The van der Waals surface area contributed by atoms with E-state index in [0.29, 0.717) is 5.92 Å². The highest BCUT2D eigenvalue weighted by Gasteiger charge is 2.82. The van der Waals surface area contributed by atoms with Gasteiger partial charge >= 0.3 is 11.9 Å². The molecular formula is C23H32O5Si. The Balaban J connectivity index is 1.70. The molecule has 29 heavy (non-hydrogen) atoms. The lowest BCUT2D eigenvalue weighted by Crippen LogP contribution is -2.55. The summed E-state index contributed by atoms with van der Waals surface area (Å²) >= 11 is 0. The maximum Gasteiger partial charge on any atom is 0.315 e. The lowest BCUT2D eigenvalue weighted by Gasteiger charge is -2.46. The molecule has 4 bridgehead atoms. The topological polar surface area (TPSA) is 61.8 Å². The SMILES string of the molecule is C=C1C[C@]23C[C@H]1CC=C2[C@@]12CC[C@H](O[Si](C)(C)C)C(C)(C(=O)O1)C2[C@@H]3C(=O)OC. The molecule has 4 fully saturated rings. The van der Waals surface area contributed by atoms with Crippen molar-refractivity contribution in [2.24, 2.45) is 28.6 Å². The molecule has 0 N–H and O–H groups in total. The zero-order valence-corrected chi connectivity index (χ0v) is 19.2. The van der Waals surface area contributed by atoms with Gasteiger partial charge in [0.25, 0.3) is 0 Å². The van der Waals surface area contributed by atoms with Gasteiger partial charge in [-0.05, 0) is 70.2 Å². The van der Waals surface area contributed by atoms with Crippen LogP contribution < -0.4 is 0 Å². The van der Waals surface area contributed by atoms with Crippen LogP contribution in [0, 0.1) is 28.6 Å². The minimum atomic E-state index is -1.89. The number of rotatable bonds is 3. The van der Waals surface area contributed by atoms with E-state index < -0.39 is 19.3 Å². The Morgan fingerprint density at radius 3 is 2.72 bits per heavy atom. The van der Waals surface area contributed by atoms with Crippen LogP contribution in [0.1, 0.15) is 39.0 Å². The summed E-state index contributed by atoms with van der Waals surface area (Å²) < 4.78 is 18.2. The van der Waals surface area contributed by atoms with Crippen molar-refractivity contribution in [3.8, 4) is 0 Å². The van der Waals surface area contributed by atoms with E-state index in [2.05, 4.69) is 32.3 Å². The summed E-state index contributed by atoms with van der Waals surface area (Å²) in [5.41, 5.74) is 0.586. The molecule has 0 aromatic heterocycles. The summed E-state index contributed by atoms with van der Waals surface area (Å²) in [7, 11) is -0.424. The zero-order valence-electron chi connectivity index (χ0n) is 18.2. The van der Waals surface area contributed by atoms with Crippen molar-refractivity contribution in [3.05, 3.63) is 23.8 Å². The van der Waals surface area contributed by atoms with Crippen LogP contribution in [0.15, 0.2) is 23.8 Å². The smallest absolute Gasteiger partial charge is 0.315 e. The van der Waals surface area contributed by atoms with E-state index in [-0.39, 0.29) is 35.3 Å². The van der Waals surface area contributed by atoms with Gasteiger partial charge in [0.2, 0.25) is 0 Å². The molecule has 1 spiro atoms. The molecule has 0 aromatic rings. The average molecular weight is 417 g/mol. The van der Waals surface area contributed by atoms with E-state index in [1.54, 1.807) is 0 Å². The molecule has 158 valence electrons. The predicted molar refractivity (Wildman–Crippen MR) is 110 cm³/mol. The number of ether oxygens (including phenoxy) is 2. The van der Waals surface area contributed by atoms with Gasteiger partial charge < -0.3 is 13.9 Å². The largest absolute Gasteiger partial charge is 0.469 e. The highest BCUT2D eigenvalue weighted by Crippen LogP contribution is 2.77. The fourth-order valence-electron chi connectivity index (χ4n) is 7.65. The molecule has 3 saturated carbocycles. The molecule has 5 rings (SSSR count). The molecule has 5 aliphatic rings. The third kappa shape index (κ3) is 2.20. The fraction of sp³-hybridized carbons (Fsp3) is 0.739. The van der Waals surface area contributed by atoms with Crippen LogP contribution in [0.2, 0.25) is 19.6 Å². The van der Waals surface area contributed by atoms with Crippen molar-refractivity contribution in [1.29, 1.82) is 0 Å². The van der Waals surface area contributed by atoms with Gasteiger partial charge in [-0.15, -0.1) is 0 Å². The second-order valence-corrected chi connectivity index (χ2v) is 15.5. The number of allylic oxidation sites excluding steroid dienone is 2. The zero-order chi connectivity index (χ0) is 21.0. The number of esters is 2. The van der Waals surface area contributed by atoms with Crippen molar-refractivity contribution >= 4 is 20.3 Å². The van der Waals surface area contributed by atoms with Crippen molar-refractivity contribution < 1.29 is 23.5 Å². The maximum atomic E-state index is 13.4. The van der Waals surface area contributed by atoms with Crippen LogP contribution in [0.4, 0.5) is 0 Å². The first kappa shape index (κ1) is 19.6. The summed E-state index contributed by atoms with van der Waals surface area (Å²) in [6, 6.07) is 0. The van der Waals surface area contributed by atoms with E-state index in [0.717, 1.165) is 32.1 Å². The minimum absolute atomic E-state index is 0.202. The Kier molecular flexibility index (Phi) is 3.80. The van der Waals surface area contributed by atoms with Crippen molar-refractivity contribution in [2.45, 2.75) is 70.4 Å². The molecular weight excluding hydrogens is 384 g/mol. The summed E-state index contributed by atoms with van der Waals surface area (Å²) in [5.74, 6) is -0.618. The molecule has 0 amide bonds. The van der Waals surface area contributed by atoms with Gasteiger partial charge in [0, 0.05) is 11.3 Å². The van der Waals surface area contributed by atoms with Crippen LogP contribution in [-0.4, -0.2) is 39.1 Å². The Bertz CT molecular complexity index is 856. The van der Waals surface area contributed by atoms with Crippen LogP contribution in [0.25, 0.3) is 0 Å². The second kappa shape index (κ2) is 5.64. The van der Waals surface area contributed by atoms with Gasteiger partial charge in [0.1, 0.15) is 5.60 Å². The molecule has 2 unspecified atom stereocenters. The first-order chi connectivity index (χ1) is 13.5. The monoisotopic (exact) mass is 416 g/mol. The highest BCUT2D eigenvalue weighted by atomic mass is 28.4. The quantitative estimate of drug-likeness (QED) is 0.395. The van der Waals surface area contributed by atoms with Gasteiger partial charge in [0.15, 0.2) is 8.32 Å². The van der Waals surface area contributed by atoms with E-state index in [1.165, 1.54) is 18.3 Å². The van der Waals surface area contributed by atoms with Gasteiger partial charge in [-0.3, -0.25) is 9.59 Å². The van der Waals surface area contributed by atoms with E-state index in [9.17, 15) is 9.59 Å². The van der Waals surface area contributed by atoms with Crippen LogP contribution in [0.5, 0.6) is 0 Å². The summed E-state index contributed by atoms with van der Waals surface area (Å²) in [4.78, 5) is 26.7. The average Bonchev–Trinajstić information content (AvgIpc) is 3.09. The van der Waals surface area contributed by atoms with E-state index >= 15 is 0 Å². The van der Waals surface area contributed by atoms with Crippen LogP contribution >= 0.6 is 0 Å². The minimum Gasteiger partial charge on any atom is -0.469 e. The lowest BCUT2D eigenvalue weighted by molar-refractivity contribution is -0.158. The number of hydrogen-bond donors (Lipinski definition) is 0. The maximum absolute atomic E-state index is 13.4. The van der Waals surface area contributed by atoms with Crippen LogP contribution in [-0.2, 0) is 23.5 Å². The van der Waals surface area contributed by atoms with Gasteiger partial charge in [-0.2, -0.15) is 0 Å². The van der Waals surface area contributed by atoms with Gasteiger partial charge in [0.05, 0.1) is 24.5 Å². The molecule has 6 heteroatoms. The van der Waals surface area contributed by atoms with Crippen molar-refractivity contribution in [1.82, 2.24) is 0 Å². The summed E-state index contributed by atoms with van der Waals surface area (Å²) in [6.45, 7) is 12.8. The molecule has 0 aromatic carbocycles. The first-order valence-electron chi connectivity index (χ1n) is 10.9. The lowest BCUT2D eigenvalue weighted by atomic mass is 9.59. The van der Waals surface area contributed by atoms with Gasteiger partial charge in [-0.25, -0.2) is 0 Å². The number of hydrogen-bond acceptors (Lipinski definition) is 5. The van der Waals surface area contributed by atoms with E-state index in [1.807, 2.05) is 6.92 Å². The van der Waals surface area contributed by atoms with Gasteiger partial charge in [-0.1, -0.05) is 18.2 Å². The van der Waals surface area contributed by atoms with E-state index in [4.69, 9.17) is 13.9 Å². The molecule has 1 saturated heterocycles. The normalized spacial score (nSPS) is 47.4. The van der Waals surface area contributed by atoms with Crippen LogP contribution in [0.3, 0.4) is 0 Å². The molecule has 4 aliphatic carbocycles. The molecule has 7 atom stereocenters. The summed E-state index contributed by atoms with van der Waals surface area (Å²) in [6.07, 6.45) is 6.23. The Morgan fingerprint density at radius 1 is 1.34 bits per heavy atom. The molecule has 0 radical (unpaired) electrons. The first-order valence-corrected chi connectivity index (χ1v) is 14.3. The van der Waals surface area contributed by atoms with Crippen molar-refractivity contribution in [3.63, 3.8) is 0 Å². The third-order valence-electron chi connectivity index (χ3n) is 8.52. The number of carbonyl (C=O) groups is 2. The summed E-state index contributed by atoms with van der Waals surface area (Å²) in [5, 5.41) is 0. The highest BCUT2D eigenvalue weighted by molar-refractivity contribution is 6.69. The number of carbonyl (C=O) groups excluding carboxylic acids is 2. The Labute approximate surface area is 174 Å². The standard InChI is InChI=1S/C23H32O5Si/c1-13-11-22-12-14(13)7-8-15(22)23-10-9-16(28-29(4,5)6)21(2,20(25)27-23)18(23)17(22)19(24)26-3/h8,14,16-18H,1,7,9-12H2,2-6H3/t14-,16+,17-,18?,21?,22+,23-/m1/s1. The second-order valence-electron chi connectivity index (χ2n) is 11.0. The third-order valence-corrected chi connectivity index (χ3v) is 9.51. The Hall–Kier alpha value is -1.40. The number of methoxy groups -OCH3 is 1. The fourth-order valence-corrected chi connectivity index (χ4v) is 8.86. The van der Waals surface area contributed by atoms with Crippen molar-refractivity contribution in [2.75, 3.05) is 7.11 Å². The predicted octanol–water partition coefficient (Wildman–Crippen LogP) is 4.00. The molecule has 5 nitrogen and oxygen atoms in total. The molecule has 1 heterocycles. The Morgan fingerprint density at radius 2 is 2.07 bits per heavy atom. The number of fused-ring (bicyclic) bond motifs is 1. The molecule has 1 aliphatic heterocycles.